The molecule has 4 heteroatoms. The van der Waals surface area contributed by atoms with Gasteiger partial charge in [-0.2, -0.15) is 9.61 Å². The van der Waals surface area contributed by atoms with Gasteiger partial charge in [0.05, 0.1) is 6.20 Å². The van der Waals surface area contributed by atoms with Gasteiger partial charge in [-0.3, -0.25) is 0 Å². The number of anilines is 1. The van der Waals surface area contributed by atoms with E-state index in [4.69, 9.17) is 4.98 Å². The van der Waals surface area contributed by atoms with Crippen LogP contribution in [-0.4, -0.2) is 14.6 Å². The van der Waals surface area contributed by atoms with Crippen LogP contribution >= 0.6 is 0 Å². The molecule has 1 N–H and O–H groups in total. The van der Waals surface area contributed by atoms with Gasteiger partial charge in [0.2, 0.25) is 0 Å². The highest BCUT2D eigenvalue weighted by Crippen LogP contribution is 2.26. The smallest absolute Gasteiger partial charge is 0.165 e. The number of nitrogens with zero attached hydrogens (tertiary/aromatic N) is 3. The average Bonchev–Trinajstić information content (AvgIpc) is 3.12. The molecule has 0 aliphatic carbocycles. The number of hydrogen-bond donors (Lipinski definition) is 1. The van der Waals surface area contributed by atoms with Crippen LogP contribution in [0, 0.1) is 0 Å². The summed E-state index contributed by atoms with van der Waals surface area (Å²) in [6.07, 6.45) is 3.92. The molecule has 2 aromatic heterocycles. The van der Waals surface area contributed by atoms with Crippen molar-refractivity contribution in [2.75, 3.05) is 5.32 Å². The summed E-state index contributed by atoms with van der Waals surface area (Å²) in [4.78, 5) is 4.88. The number of aromatic nitrogens is 3. The van der Waals surface area contributed by atoms with Crippen molar-refractivity contribution < 1.29 is 0 Å². The molecule has 4 nitrogen and oxygen atoms in total. The average molecular weight is 342 g/mol. The monoisotopic (exact) mass is 342 g/mol. The first-order valence-electron chi connectivity index (χ1n) is 9.06. The summed E-state index contributed by atoms with van der Waals surface area (Å²) in [5.74, 6) is 0.976. The van der Waals surface area contributed by atoms with Gasteiger partial charge in [0.1, 0.15) is 5.82 Å². The predicted molar refractivity (Wildman–Crippen MR) is 106 cm³/mol. The lowest BCUT2D eigenvalue weighted by molar-refractivity contribution is 0.856. The largest absolute Gasteiger partial charge is 0.366 e. The predicted octanol–water partition coefficient (Wildman–Crippen LogP) is 4.96. The Labute approximate surface area is 153 Å². The molecule has 0 radical (unpaired) electrons. The van der Waals surface area contributed by atoms with Crippen molar-refractivity contribution in [3.63, 3.8) is 0 Å². The molecule has 0 aliphatic rings. The third-order valence-electron chi connectivity index (χ3n) is 4.43. The van der Waals surface area contributed by atoms with Crippen molar-refractivity contribution in [1.82, 2.24) is 14.6 Å². The van der Waals surface area contributed by atoms with E-state index in [0.29, 0.717) is 0 Å². The van der Waals surface area contributed by atoms with E-state index in [0.717, 1.165) is 47.7 Å². The first kappa shape index (κ1) is 16.3. The lowest BCUT2D eigenvalue weighted by Gasteiger charge is -2.11. The van der Waals surface area contributed by atoms with Gasteiger partial charge in [-0.15, -0.1) is 0 Å². The molecular weight excluding hydrogens is 320 g/mol. The van der Waals surface area contributed by atoms with E-state index in [2.05, 4.69) is 59.8 Å². The molecule has 2 aromatic carbocycles. The van der Waals surface area contributed by atoms with Crippen molar-refractivity contribution in [3.8, 4) is 11.1 Å². The van der Waals surface area contributed by atoms with Crippen molar-refractivity contribution in [1.29, 1.82) is 0 Å². The Morgan fingerprint density at radius 3 is 2.42 bits per heavy atom. The van der Waals surface area contributed by atoms with E-state index in [1.807, 2.05) is 35.0 Å². The molecule has 0 atom stereocenters. The highest BCUT2D eigenvalue weighted by Gasteiger charge is 2.12. The lowest BCUT2D eigenvalue weighted by atomic mass is 10.1. The fraction of sp³-hybridized carbons (Fsp3) is 0.182. The van der Waals surface area contributed by atoms with Crippen LogP contribution in [0.4, 0.5) is 5.82 Å². The van der Waals surface area contributed by atoms with Crippen molar-refractivity contribution >= 4 is 11.5 Å². The maximum atomic E-state index is 4.88. The molecule has 0 fully saturated rings. The van der Waals surface area contributed by atoms with Gasteiger partial charge in [0, 0.05) is 23.9 Å². The summed E-state index contributed by atoms with van der Waals surface area (Å²) in [7, 11) is 0. The van der Waals surface area contributed by atoms with E-state index in [9.17, 15) is 0 Å². The van der Waals surface area contributed by atoms with Gasteiger partial charge in [-0.1, -0.05) is 74.0 Å². The van der Waals surface area contributed by atoms with E-state index in [1.54, 1.807) is 0 Å². The molecule has 130 valence electrons. The number of rotatable bonds is 6. The second-order valence-corrected chi connectivity index (χ2v) is 6.38. The summed E-state index contributed by atoms with van der Waals surface area (Å²) < 4.78 is 1.91. The first-order chi connectivity index (χ1) is 12.8. The molecule has 4 aromatic rings. The maximum Gasteiger partial charge on any atom is 0.165 e. The number of benzene rings is 2. The minimum atomic E-state index is 0.756. The first-order valence-corrected chi connectivity index (χ1v) is 9.06. The quantitative estimate of drug-likeness (QED) is 0.538. The van der Waals surface area contributed by atoms with Crippen molar-refractivity contribution in [2.45, 2.75) is 26.3 Å². The highest BCUT2D eigenvalue weighted by molar-refractivity contribution is 5.78. The van der Waals surface area contributed by atoms with Gasteiger partial charge < -0.3 is 5.32 Å². The van der Waals surface area contributed by atoms with Crippen LogP contribution in [0.25, 0.3) is 16.8 Å². The normalized spacial score (nSPS) is 11.0. The van der Waals surface area contributed by atoms with Gasteiger partial charge in [0.25, 0.3) is 0 Å². The number of nitrogens with one attached hydrogen (secondary N) is 1. The van der Waals surface area contributed by atoms with Crippen LogP contribution in [0.1, 0.15) is 24.6 Å². The third kappa shape index (κ3) is 3.31. The fourth-order valence-corrected chi connectivity index (χ4v) is 3.13. The highest BCUT2D eigenvalue weighted by atomic mass is 15.3. The third-order valence-corrected chi connectivity index (χ3v) is 4.43. The van der Waals surface area contributed by atoms with Crippen LogP contribution in [0.5, 0.6) is 0 Å². The van der Waals surface area contributed by atoms with Gasteiger partial charge >= 0.3 is 0 Å². The second kappa shape index (κ2) is 7.40. The summed E-state index contributed by atoms with van der Waals surface area (Å²) >= 11 is 0. The molecule has 0 saturated heterocycles. The van der Waals surface area contributed by atoms with Crippen molar-refractivity contribution in [2.24, 2.45) is 0 Å². The van der Waals surface area contributed by atoms with E-state index < -0.39 is 0 Å². The standard InChI is InChI=1S/C22H22N4/c1-2-9-19-14-21(23-15-17-10-5-3-6-11-17)26-22(25-19)20(16-24-26)18-12-7-4-8-13-18/h3-8,10-14,16,23H,2,9,15H2,1H3. The number of hydrogen-bond acceptors (Lipinski definition) is 3. The van der Waals surface area contributed by atoms with Crippen LogP contribution in [0.2, 0.25) is 0 Å². The summed E-state index contributed by atoms with van der Waals surface area (Å²) in [5, 5.41) is 8.13. The molecule has 0 aliphatic heterocycles. The van der Waals surface area contributed by atoms with Crippen LogP contribution in [-0.2, 0) is 13.0 Å². The Bertz CT molecular complexity index is 991. The lowest BCUT2D eigenvalue weighted by Crippen LogP contribution is -2.07. The fourth-order valence-electron chi connectivity index (χ4n) is 3.13. The Kier molecular flexibility index (Phi) is 4.65. The van der Waals surface area contributed by atoms with E-state index in [1.165, 1.54) is 5.56 Å². The van der Waals surface area contributed by atoms with E-state index in [-0.39, 0.29) is 0 Å². The zero-order chi connectivity index (χ0) is 17.8. The van der Waals surface area contributed by atoms with Gasteiger partial charge in [-0.25, -0.2) is 4.98 Å². The molecule has 0 bridgehead atoms. The summed E-state index contributed by atoms with van der Waals surface area (Å²) in [6, 6.07) is 22.8. The Morgan fingerprint density at radius 2 is 1.69 bits per heavy atom. The Balaban J connectivity index is 1.75. The van der Waals surface area contributed by atoms with E-state index >= 15 is 0 Å². The molecule has 0 saturated carbocycles. The molecular formula is C22H22N4. The minimum Gasteiger partial charge on any atom is -0.366 e. The second-order valence-electron chi connectivity index (χ2n) is 6.38. The van der Waals surface area contributed by atoms with Crippen LogP contribution in [0.15, 0.2) is 72.9 Å². The molecule has 0 amide bonds. The SMILES string of the molecule is CCCc1cc(NCc2ccccc2)n2ncc(-c3ccccc3)c2n1. The Hall–Kier alpha value is -3.14. The maximum absolute atomic E-state index is 4.88. The molecule has 0 unspecified atom stereocenters. The van der Waals surface area contributed by atoms with Gasteiger partial charge in [-0.05, 0) is 17.5 Å². The number of aryl methyl sites for hydroxylation is 1. The summed E-state index contributed by atoms with van der Waals surface area (Å²) in [6.45, 7) is 2.93. The zero-order valence-electron chi connectivity index (χ0n) is 14.9. The van der Waals surface area contributed by atoms with Crippen LogP contribution in [0.3, 0.4) is 0 Å². The Morgan fingerprint density at radius 1 is 0.962 bits per heavy atom. The van der Waals surface area contributed by atoms with Crippen molar-refractivity contribution in [3.05, 3.63) is 84.2 Å². The molecule has 26 heavy (non-hydrogen) atoms. The topological polar surface area (TPSA) is 42.2 Å². The number of fused-ring (bicyclic) bond motifs is 1. The zero-order valence-corrected chi connectivity index (χ0v) is 14.9. The molecule has 2 heterocycles. The minimum absolute atomic E-state index is 0.756. The van der Waals surface area contributed by atoms with Gasteiger partial charge in [0.15, 0.2) is 5.65 Å². The molecule has 4 rings (SSSR count). The van der Waals surface area contributed by atoms with Crippen LogP contribution < -0.4 is 5.32 Å². The summed E-state index contributed by atoms with van der Waals surface area (Å²) in [5.41, 5.74) is 5.43. The molecule has 0 spiro atoms.